The van der Waals surface area contributed by atoms with Gasteiger partial charge in [-0.2, -0.15) is 18.2 Å². The molecule has 0 radical (unpaired) electrons. The topological polar surface area (TPSA) is 35.9 Å². The molecule has 67 heavy (non-hydrogen) atoms. The third-order valence-corrected chi connectivity index (χ3v) is 12.8. The summed E-state index contributed by atoms with van der Waals surface area (Å²) in [6.07, 6.45) is 7.47. The normalized spacial score (nSPS) is 12.9. The van der Waals surface area contributed by atoms with Gasteiger partial charge in [0.15, 0.2) is 0 Å². The van der Waals surface area contributed by atoms with Gasteiger partial charge in [-0.1, -0.05) is 170 Å². The van der Waals surface area contributed by atoms with E-state index in [1.54, 1.807) is 16.8 Å². The zero-order valence-corrected chi connectivity index (χ0v) is 41.6. The molecule has 6 heteroatoms. The molecule has 0 N–H and O–H groups in total. The monoisotopic (exact) mass is 1060 g/mol. The molecule has 10 aromatic rings. The Balaban J connectivity index is 0.00000624. The molecule has 0 amide bonds. The van der Waals surface area contributed by atoms with Gasteiger partial charge in [0.05, 0.1) is 22.2 Å². The summed E-state index contributed by atoms with van der Waals surface area (Å²) in [6.45, 7) is 18.0. The van der Waals surface area contributed by atoms with Crippen molar-refractivity contribution in [3.8, 4) is 50.9 Å². The third-order valence-electron chi connectivity index (χ3n) is 12.8. The smallest absolute Gasteiger partial charge is 0.268 e. The first-order chi connectivity index (χ1) is 33.5. The van der Waals surface area contributed by atoms with Gasteiger partial charge in [0.1, 0.15) is 5.82 Å². The molecule has 0 aliphatic heterocycles. The molecule has 3 aromatic heterocycles. The molecular weight excluding hydrogens is 1000 g/mol. The van der Waals surface area contributed by atoms with Crippen LogP contribution in [0.15, 0.2) is 164 Å². The fourth-order valence-corrected chi connectivity index (χ4v) is 9.15. The van der Waals surface area contributed by atoms with E-state index in [-0.39, 0.29) is 56.1 Å². The van der Waals surface area contributed by atoms with Crippen molar-refractivity contribution in [3.05, 3.63) is 199 Å². The Labute approximate surface area is 415 Å². The molecule has 0 aliphatic carbocycles. The third kappa shape index (κ3) is 8.67. The molecule has 0 unspecified atom stereocenters. The Morgan fingerprint density at radius 2 is 1.33 bits per heavy atom. The van der Waals surface area contributed by atoms with Crippen LogP contribution < -0.4 is 9.30 Å². The van der Waals surface area contributed by atoms with Crippen molar-refractivity contribution >= 4 is 32.8 Å². The van der Waals surface area contributed by atoms with E-state index in [0.29, 0.717) is 45.0 Å². The van der Waals surface area contributed by atoms with Crippen LogP contribution >= 0.6 is 0 Å². The second kappa shape index (κ2) is 18.3. The van der Waals surface area contributed by atoms with Gasteiger partial charge in [-0.25, -0.2) is 4.98 Å². The molecule has 5 nitrogen and oxygen atoms in total. The van der Waals surface area contributed by atoms with Crippen molar-refractivity contribution in [2.45, 2.75) is 85.0 Å². The van der Waals surface area contributed by atoms with Crippen molar-refractivity contribution in [2.24, 2.45) is 0 Å². The maximum atomic E-state index is 9.09. The number of pyridine rings is 1. The van der Waals surface area contributed by atoms with Crippen LogP contribution in [0.4, 0.5) is 0 Å². The van der Waals surface area contributed by atoms with Crippen molar-refractivity contribution in [1.82, 2.24) is 14.1 Å². The van der Waals surface area contributed by atoms with E-state index in [0.717, 1.165) is 63.1 Å². The Bertz CT molecular complexity index is 3610. The summed E-state index contributed by atoms with van der Waals surface area (Å²) >= 11 is 0. The fraction of sp³-hybridized carbons (Fsp3) is 0.213. The van der Waals surface area contributed by atoms with Crippen LogP contribution in [0.2, 0.25) is 0 Å². The molecule has 0 bridgehead atoms. The summed E-state index contributed by atoms with van der Waals surface area (Å²) in [7, 11) is 0. The van der Waals surface area contributed by atoms with E-state index in [4.69, 9.17) is 15.2 Å². The second-order valence-electron chi connectivity index (χ2n) is 19.2. The van der Waals surface area contributed by atoms with Crippen molar-refractivity contribution in [2.75, 3.05) is 0 Å². The van der Waals surface area contributed by atoms with Crippen LogP contribution in [0, 0.1) is 18.5 Å². The Kier molecular flexibility index (Phi) is 11.1. The summed E-state index contributed by atoms with van der Waals surface area (Å²) < 4.78 is 47.9. The minimum Gasteiger partial charge on any atom is -0.510 e. The number of rotatable bonds is 10. The number of aromatic nitrogens is 4. The van der Waals surface area contributed by atoms with Crippen LogP contribution in [0.25, 0.3) is 72.3 Å². The number of fused-ring (bicyclic) bond motifs is 4. The molecule has 0 spiro atoms. The van der Waals surface area contributed by atoms with E-state index in [1.165, 1.54) is 11.1 Å². The van der Waals surface area contributed by atoms with Gasteiger partial charge >= 0.3 is 0 Å². The quantitative estimate of drug-likeness (QED) is 0.101. The number of hydrogen-bond donors (Lipinski definition) is 0. The first-order valence-electron chi connectivity index (χ1n) is 25.0. The number of hydrogen-bond acceptors (Lipinski definition) is 2. The standard InChI is InChI=1S/C61H56N4O.Pt/c1-9-41(10-2)43-32-33-62-58(36-43)65-54-27-15-14-24-52(54)53-31-30-49(39-57(53)65)66-48-23-18-22-47(38-48)63-40-64(56-29-17-16-28-55(56)63)59-50(42-20-12-11-13-21-42)25-19-26-51(59)44-34-45(60(3,4)5)37-46(35-44)61(6,7)8;/h11-37,41H,9-10H2,1-8H3;/q-2;/i14D,15D,24D,27D;. The maximum Gasteiger partial charge on any atom is 0.268 e. The number of benzene rings is 7. The summed E-state index contributed by atoms with van der Waals surface area (Å²) in [6, 6.07) is 52.1. The van der Waals surface area contributed by atoms with Crippen LogP contribution in [0.3, 0.4) is 0 Å². The van der Waals surface area contributed by atoms with Gasteiger partial charge in [0.2, 0.25) is 0 Å². The van der Waals surface area contributed by atoms with Gasteiger partial charge in [-0.05, 0) is 97.8 Å². The largest absolute Gasteiger partial charge is 0.510 e. The zero-order chi connectivity index (χ0) is 49.2. The Morgan fingerprint density at radius 1 is 0.657 bits per heavy atom. The number of nitrogens with zero attached hydrogens (tertiary/aromatic N) is 4. The minimum atomic E-state index is -0.305. The molecule has 338 valence electrons. The second-order valence-corrected chi connectivity index (χ2v) is 19.2. The number of para-hydroxylation sites is 4. The van der Waals surface area contributed by atoms with E-state index >= 15 is 0 Å². The molecule has 3 heterocycles. The molecule has 7 aromatic carbocycles. The van der Waals surface area contributed by atoms with E-state index in [1.807, 2.05) is 47.0 Å². The minimum absolute atomic E-state index is 0. The van der Waals surface area contributed by atoms with Crippen LogP contribution in [0.5, 0.6) is 11.5 Å². The molecule has 0 saturated carbocycles. The van der Waals surface area contributed by atoms with Gasteiger partial charge in [0.25, 0.3) is 6.33 Å². The van der Waals surface area contributed by atoms with Gasteiger partial charge < -0.3 is 13.9 Å². The average molecular weight is 1060 g/mol. The van der Waals surface area contributed by atoms with E-state index in [9.17, 15) is 0 Å². The first-order valence-corrected chi connectivity index (χ1v) is 23.0. The number of imidazole rings is 1. The molecule has 0 aliphatic rings. The van der Waals surface area contributed by atoms with E-state index < -0.39 is 0 Å². The van der Waals surface area contributed by atoms with Crippen LogP contribution in [0.1, 0.15) is 96.3 Å². The average Bonchev–Trinajstić information content (AvgIpc) is 3.91. The molecule has 0 fully saturated rings. The molecular formula is C61H56N4OPt-2. The Hall–Kier alpha value is -6.55. The molecule has 0 saturated heterocycles. The van der Waals surface area contributed by atoms with Crippen molar-refractivity contribution < 1.29 is 35.9 Å². The SMILES string of the molecule is [2H]c1c([2H])c([2H])c2c(c1[2H])c1ccc(Oc3[c-]c(-n4[c-][n+](-c5c(-c6ccccc6)cccc5-c5cc(C(C)(C)C)cc(C(C)(C)C)c5)c5ccccc54)ccc3)[c-]c1n2-c1cc(C(CC)CC)ccn1.[Pt]. The fourth-order valence-electron chi connectivity index (χ4n) is 9.15. The summed E-state index contributed by atoms with van der Waals surface area (Å²) in [5, 5.41) is 1.03. The summed E-state index contributed by atoms with van der Waals surface area (Å²) in [5.41, 5.74) is 12.5. The van der Waals surface area contributed by atoms with Gasteiger partial charge in [0, 0.05) is 44.3 Å². The van der Waals surface area contributed by atoms with Gasteiger partial charge in [-0.3, -0.25) is 4.57 Å². The van der Waals surface area contributed by atoms with E-state index in [2.05, 4.69) is 163 Å². The maximum absolute atomic E-state index is 9.09. The van der Waals surface area contributed by atoms with Crippen molar-refractivity contribution in [1.29, 1.82) is 0 Å². The first kappa shape index (κ1) is 40.7. The summed E-state index contributed by atoms with van der Waals surface area (Å²) in [5.74, 6) is 1.70. The molecule has 0 atom stereocenters. The summed E-state index contributed by atoms with van der Waals surface area (Å²) in [4.78, 5) is 4.77. The zero-order valence-electron chi connectivity index (χ0n) is 43.3. The van der Waals surface area contributed by atoms with Crippen molar-refractivity contribution in [3.63, 3.8) is 0 Å². The predicted octanol–water partition coefficient (Wildman–Crippen LogP) is 15.4. The predicted molar refractivity (Wildman–Crippen MR) is 272 cm³/mol. The number of ether oxygens (including phenoxy) is 1. The molecule has 10 rings (SSSR count). The van der Waals surface area contributed by atoms with Gasteiger partial charge in [-0.15, -0.1) is 29.7 Å². The van der Waals surface area contributed by atoms with Crippen LogP contribution in [-0.2, 0) is 31.9 Å². The van der Waals surface area contributed by atoms with Crippen LogP contribution in [-0.4, -0.2) is 14.1 Å². The Morgan fingerprint density at radius 3 is 2.06 bits per heavy atom.